The van der Waals surface area contributed by atoms with E-state index in [9.17, 15) is 19.6 Å². The van der Waals surface area contributed by atoms with Crippen LogP contribution in [-0.2, 0) is 15.3 Å². The molecule has 7 nitrogen and oxygen atoms in total. The van der Waals surface area contributed by atoms with Crippen LogP contribution >= 0.6 is 7.52 Å². The highest BCUT2D eigenvalue weighted by atomic mass is 31.2. The molecule has 0 aliphatic heterocycles. The van der Waals surface area contributed by atoms with Gasteiger partial charge in [-0.05, 0) is 31.4 Å². The Kier molecular flexibility index (Phi) is 4.88. The molecule has 1 aromatic heterocycles. The SMILES string of the molecule is C=CC1CC1N(C(=O)O)P(=O)(Cc1ncccc1O)OCC. The second kappa shape index (κ2) is 6.50. The Balaban J connectivity index is 2.33. The number of carboxylic acid groups (broad SMARTS) is 1. The predicted molar refractivity (Wildman–Crippen MR) is 80.8 cm³/mol. The topological polar surface area (TPSA) is 100.0 Å². The van der Waals surface area contributed by atoms with Crippen LogP contribution in [0.1, 0.15) is 19.0 Å². The van der Waals surface area contributed by atoms with E-state index in [2.05, 4.69) is 11.6 Å². The van der Waals surface area contributed by atoms with Gasteiger partial charge in [-0.25, -0.2) is 9.46 Å². The molecule has 2 rings (SSSR count). The summed E-state index contributed by atoms with van der Waals surface area (Å²) in [5.74, 6) is -0.161. The van der Waals surface area contributed by atoms with Crippen molar-refractivity contribution in [2.45, 2.75) is 25.5 Å². The van der Waals surface area contributed by atoms with Crippen molar-refractivity contribution in [3.05, 3.63) is 36.7 Å². The molecule has 0 radical (unpaired) electrons. The highest BCUT2D eigenvalue weighted by Crippen LogP contribution is 2.60. The van der Waals surface area contributed by atoms with E-state index in [1.165, 1.54) is 18.3 Å². The van der Waals surface area contributed by atoms with Crippen LogP contribution in [0.2, 0.25) is 0 Å². The fourth-order valence-corrected chi connectivity index (χ4v) is 4.73. The zero-order chi connectivity index (χ0) is 16.3. The molecule has 1 heterocycles. The Bertz CT molecular complexity index is 621. The van der Waals surface area contributed by atoms with Crippen molar-refractivity contribution in [1.82, 2.24) is 9.65 Å². The molecule has 1 aromatic rings. The Morgan fingerprint density at radius 1 is 1.68 bits per heavy atom. The normalized spacial score (nSPS) is 22.6. The van der Waals surface area contributed by atoms with Gasteiger partial charge in [0.25, 0.3) is 0 Å². The fourth-order valence-electron chi connectivity index (χ4n) is 2.36. The second-order valence-corrected chi connectivity index (χ2v) is 7.29. The van der Waals surface area contributed by atoms with Gasteiger partial charge in [0.05, 0.1) is 24.5 Å². The number of amides is 1. The number of carbonyl (C=O) groups is 1. The average molecular weight is 326 g/mol. The summed E-state index contributed by atoms with van der Waals surface area (Å²) in [6.45, 7) is 5.38. The first-order chi connectivity index (χ1) is 10.4. The van der Waals surface area contributed by atoms with Crippen molar-refractivity contribution in [3.8, 4) is 5.75 Å². The summed E-state index contributed by atoms with van der Waals surface area (Å²) in [4.78, 5) is 15.6. The van der Waals surface area contributed by atoms with Crippen LogP contribution in [0.3, 0.4) is 0 Å². The van der Waals surface area contributed by atoms with Gasteiger partial charge >= 0.3 is 13.6 Å². The van der Waals surface area contributed by atoms with E-state index in [1.54, 1.807) is 13.0 Å². The molecule has 0 bridgehead atoms. The van der Waals surface area contributed by atoms with Crippen molar-refractivity contribution in [1.29, 1.82) is 0 Å². The smallest absolute Gasteiger partial charge is 0.414 e. The number of hydrogen-bond acceptors (Lipinski definition) is 5. The van der Waals surface area contributed by atoms with E-state index in [1.807, 2.05) is 0 Å². The van der Waals surface area contributed by atoms with Gasteiger partial charge in [0.1, 0.15) is 5.75 Å². The van der Waals surface area contributed by atoms with Crippen LogP contribution < -0.4 is 0 Å². The Labute approximate surface area is 128 Å². The van der Waals surface area contributed by atoms with Crippen LogP contribution in [0.15, 0.2) is 31.0 Å². The number of pyridine rings is 1. The summed E-state index contributed by atoms with van der Waals surface area (Å²) in [7, 11) is -3.72. The first-order valence-electron chi connectivity index (χ1n) is 6.94. The van der Waals surface area contributed by atoms with Gasteiger partial charge < -0.3 is 14.7 Å². The molecule has 0 spiro atoms. The maximum absolute atomic E-state index is 13.2. The molecule has 1 amide bonds. The molecule has 1 saturated carbocycles. The lowest BCUT2D eigenvalue weighted by Crippen LogP contribution is -2.31. The molecule has 1 aliphatic carbocycles. The van der Waals surface area contributed by atoms with E-state index < -0.39 is 19.7 Å². The second-order valence-electron chi connectivity index (χ2n) is 5.01. The zero-order valence-electron chi connectivity index (χ0n) is 12.3. The Morgan fingerprint density at radius 3 is 2.91 bits per heavy atom. The molecule has 3 atom stereocenters. The van der Waals surface area contributed by atoms with Crippen LogP contribution in [-0.4, -0.2) is 38.6 Å². The van der Waals surface area contributed by atoms with Gasteiger partial charge in [0.2, 0.25) is 0 Å². The molecule has 0 aromatic carbocycles. The van der Waals surface area contributed by atoms with E-state index in [4.69, 9.17) is 4.52 Å². The number of aromatic nitrogens is 1. The lowest BCUT2D eigenvalue weighted by Gasteiger charge is -2.29. The Hall–Kier alpha value is -1.85. The van der Waals surface area contributed by atoms with Crippen molar-refractivity contribution in [3.63, 3.8) is 0 Å². The minimum atomic E-state index is -3.72. The maximum Gasteiger partial charge on any atom is 0.414 e. The molecule has 120 valence electrons. The summed E-state index contributed by atoms with van der Waals surface area (Å²) in [5.41, 5.74) is 0.154. The summed E-state index contributed by atoms with van der Waals surface area (Å²) in [6, 6.07) is 2.54. The summed E-state index contributed by atoms with van der Waals surface area (Å²) in [6.07, 6.45) is 2.10. The van der Waals surface area contributed by atoms with Crippen molar-refractivity contribution < 1.29 is 24.1 Å². The van der Waals surface area contributed by atoms with Crippen LogP contribution in [0.4, 0.5) is 4.79 Å². The molecule has 22 heavy (non-hydrogen) atoms. The fraction of sp³-hybridized carbons (Fsp3) is 0.429. The van der Waals surface area contributed by atoms with Crippen LogP contribution in [0.25, 0.3) is 0 Å². The summed E-state index contributed by atoms with van der Waals surface area (Å²) in [5, 5.41) is 19.3. The monoisotopic (exact) mass is 326 g/mol. The minimum Gasteiger partial charge on any atom is -0.506 e. The molecule has 1 fully saturated rings. The molecular weight excluding hydrogens is 307 g/mol. The molecular formula is C14H19N2O5P. The number of rotatable bonds is 7. The van der Waals surface area contributed by atoms with Crippen molar-refractivity contribution >= 4 is 13.6 Å². The standard InChI is InChI=1S/C14H19N2O5P/c1-3-10-8-12(10)16(14(18)19)22(20,21-4-2)9-11-13(17)6-5-7-15-11/h3,5-7,10,12,17H,1,4,8-9H2,2H3,(H,18,19). The maximum atomic E-state index is 13.2. The molecule has 8 heteroatoms. The van der Waals surface area contributed by atoms with Gasteiger partial charge in [0.15, 0.2) is 0 Å². The minimum absolute atomic E-state index is 0.0257. The summed E-state index contributed by atoms with van der Waals surface area (Å²) < 4.78 is 19.4. The van der Waals surface area contributed by atoms with E-state index in [0.717, 1.165) is 4.67 Å². The van der Waals surface area contributed by atoms with Crippen LogP contribution in [0, 0.1) is 5.92 Å². The lowest BCUT2D eigenvalue weighted by molar-refractivity contribution is 0.160. The number of nitrogens with zero attached hydrogens (tertiary/aromatic N) is 2. The molecule has 0 saturated heterocycles. The molecule has 2 N–H and O–H groups in total. The zero-order valence-corrected chi connectivity index (χ0v) is 13.1. The predicted octanol–water partition coefficient (Wildman–Crippen LogP) is 3.07. The first-order valence-corrected chi connectivity index (χ1v) is 8.71. The van der Waals surface area contributed by atoms with Gasteiger partial charge in [-0.3, -0.25) is 9.55 Å². The largest absolute Gasteiger partial charge is 0.506 e. The third-order valence-electron chi connectivity index (χ3n) is 3.49. The summed E-state index contributed by atoms with van der Waals surface area (Å²) >= 11 is 0. The first kappa shape index (κ1) is 16.5. The van der Waals surface area contributed by atoms with Crippen LogP contribution in [0.5, 0.6) is 5.75 Å². The van der Waals surface area contributed by atoms with E-state index in [0.29, 0.717) is 6.42 Å². The quantitative estimate of drug-likeness (QED) is 0.590. The third-order valence-corrected chi connectivity index (χ3v) is 5.98. The van der Waals surface area contributed by atoms with Gasteiger partial charge in [-0.1, -0.05) is 6.08 Å². The van der Waals surface area contributed by atoms with Gasteiger partial charge in [-0.2, -0.15) is 0 Å². The van der Waals surface area contributed by atoms with Gasteiger partial charge in [-0.15, -0.1) is 6.58 Å². The van der Waals surface area contributed by atoms with E-state index in [-0.39, 0.29) is 30.1 Å². The highest BCUT2D eigenvalue weighted by Gasteiger charge is 2.51. The lowest BCUT2D eigenvalue weighted by atomic mass is 10.3. The molecule has 3 unspecified atom stereocenters. The Morgan fingerprint density at radius 2 is 2.41 bits per heavy atom. The number of hydrogen-bond donors (Lipinski definition) is 2. The van der Waals surface area contributed by atoms with Gasteiger partial charge in [0, 0.05) is 6.20 Å². The molecule has 1 aliphatic rings. The van der Waals surface area contributed by atoms with Crippen molar-refractivity contribution in [2.75, 3.05) is 6.61 Å². The van der Waals surface area contributed by atoms with Crippen molar-refractivity contribution in [2.24, 2.45) is 5.92 Å². The average Bonchev–Trinajstić information content (AvgIpc) is 3.20. The van der Waals surface area contributed by atoms with E-state index >= 15 is 0 Å². The third kappa shape index (κ3) is 3.31. The number of aromatic hydroxyl groups is 1. The highest BCUT2D eigenvalue weighted by molar-refractivity contribution is 7.56.